The molecule has 2 aromatic heterocycles. The largest absolute Gasteiger partial charge is 0.493 e. The lowest BCUT2D eigenvalue weighted by Gasteiger charge is -2.14. The molecule has 0 saturated heterocycles. The molecule has 1 N–H and O–H groups in total. The Labute approximate surface area is 183 Å². The summed E-state index contributed by atoms with van der Waals surface area (Å²) in [6, 6.07) is 9.41. The van der Waals surface area contributed by atoms with Crippen LogP contribution in [0.5, 0.6) is 23.0 Å². The van der Waals surface area contributed by atoms with Crippen molar-refractivity contribution in [2.24, 2.45) is 7.05 Å². The van der Waals surface area contributed by atoms with Gasteiger partial charge in [-0.1, -0.05) is 0 Å². The van der Waals surface area contributed by atoms with E-state index in [2.05, 4.69) is 15.4 Å². The summed E-state index contributed by atoms with van der Waals surface area (Å²) in [6.07, 6.45) is 3.22. The maximum Gasteiger partial charge on any atom is 0.276 e. The van der Waals surface area contributed by atoms with Gasteiger partial charge in [-0.05, 0) is 36.8 Å². The Balaban J connectivity index is 1.64. The van der Waals surface area contributed by atoms with Crippen LogP contribution < -0.4 is 19.5 Å². The first-order valence-corrected chi connectivity index (χ1v) is 9.69. The van der Waals surface area contributed by atoms with E-state index >= 15 is 0 Å². The number of hydrogen-bond acceptors (Lipinski definition) is 6. The summed E-state index contributed by atoms with van der Waals surface area (Å²) in [4.78, 5) is 16.7. The molecular formula is C23H21FN4O4. The summed E-state index contributed by atoms with van der Waals surface area (Å²) in [5.41, 5.74) is 1.80. The fraction of sp³-hybridized carbons (Fsp3) is 0.174. The van der Waals surface area contributed by atoms with E-state index in [0.717, 1.165) is 0 Å². The van der Waals surface area contributed by atoms with E-state index < -0.39 is 11.7 Å². The lowest BCUT2D eigenvalue weighted by Crippen LogP contribution is -2.14. The molecule has 0 aliphatic rings. The zero-order chi connectivity index (χ0) is 22.8. The standard InChI is InChI=1S/C23H21FN4O4/c1-13-9-20(15(24)11-17(13)26-23(29)16-6-8-28(2)27-16)32-19-5-7-25-18-12-22(31-4)21(30-3)10-14(18)19/h5-12H,1-4H3,(H,26,29). The minimum absolute atomic E-state index is 0.0145. The zero-order valence-electron chi connectivity index (χ0n) is 18.0. The number of aryl methyl sites for hydroxylation is 2. The monoisotopic (exact) mass is 436 g/mol. The SMILES string of the molecule is COc1cc2nccc(Oc3cc(C)c(NC(=O)c4ccn(C)n4)cc3F)c2cc1OC. The molecule has 0 saturated carbocycles. The molecular weight excluding hydrogens is 415 g/mol. The van der Waals surface area contributed by atoms with Crippen molar-refractivity contribution < 1.29 is 23.4 Å². The van der Waals surface area contributed by atoms with Gasteiger partial charge in [0, 0.05) is 42.6 Å². The third kappa shape index (κ3) is 4.04. The molecule has 32 heavy (non-hydrogen) atoms. The van der Waals surface area contributed by atoms with Gasteiger partial charge >= 0.3 is 0 Å². The highest BCUT2D eigenvalue weighted by molar-refractivity contribution is 6.03. The van der Waals surface area contributed by atoms with E-state index in [0.29, 0.717) is 39.4 Å². The van der Waals surface area contributed by atoms with Gasteiger partial charge in [0.25, 0.3) is 5.91 Å². The predicted octanol–water partition coefficient (Wildman–Crippen LogP) is 4.48. The van der Waals surface area contributed by atoms with Crippen molar-refractivity contribution in [2.75, 3.05) is 19.5 Å². The number of fused-ring (bicyclic) bond motifs is 1. The molecule has 8 nitrogen and oxygen atoms in total. The van der Waals surface area contributed by atoms with Gasteiger partial charge in [-0.15, -0.1) is 0 Å². The maximum atomic E-state index is 14.9. The van der Waals surface area contributed by atoms with Crippen LogP contribution in [-0.2, 0) is 7.05 Å². The summed E-state index contributed by atoms with van der Waals surface area (Å²) in [7, 11) is 4.78. The summed E-state index contributed by atoms with van der Waals surface area (Å²) in [6.45, 7) is 1.75. The van der Waals surface area contributed by atoms with Crippen LogP contribution in [0, 0.1) is 12.7 Å². The maximum absolute atomic E-state index is 14.9. The Morgan fingerprint density at radius 2 is 1.78 bits per heavy atom. The smallest absolute Gasteiger partial charge is 0.276 e. The van der Waals surface area contributed by atoms with Crippen LogP contribution in [0.1, 0.15) is 16.1 Å². The Morgan fingerprint density at radius 1 is 1.03 bits per heavy atom. The molecule has 9 heteroatoms. The number of benzene rings is 2. The molecule has 0 spiro atoms. The van der Waals surface area contributed by atoms with Crippen LogP contribution in [0.3, 0.4) is 0 Å². The number of ether oxygens (including phenoxy) is 3. The molecule has 2 aromatic carbocycles. The topological polar surface area (TPSA) is 87.5 Å². The summed E-state index contributed by atoms with van der Waals surface area (Å²) in [5.74, 6) is 0.391. The third-order valence-corrected chi connectivity index (χ3v) is 4.90. The predicted molar refractivity (Wildman–Crippen MR) is 117 cm³/mol. The minimum atomic E-state index is -0.627. The Bertz CT molecular complexity index is 1320. The molecule has 0 atom stereocenters. The van der Waals surface area contributed by atoms with Crippen LogP contribution >= 0.6 is 0 Å². The number of anilines is 1. The van der Waals surface area contributed by atoms with E-state index in [1.165, 1.54) is 31.0 Å². The fourth-order valence-corrected chi connectivity index (χ4v) is 3.25. The number of amides is 1. The number of nitrogens with zero attached hydrogens (tertiary/aromatic N) is 3. The van der Waals surface area contributed by atoms with Gasteiger partial charge < -0.3 is 19.5 Å². The fourth-order valence-electron chi connectivity index (χ4n) is 3.25. The average molecular weight is 436 g/mol. The minimum Gasteiger partial charge on any atom is -0.493 e. The number of aromatic nitrogens is 3. The molecule has 4 rings (SSSR count). The lowest BCUT2D eigenvalue weighted by atomic mass is 10.1. The van der Waals surface area contributed by atoms with Gasteiger partial charge in [-0.3, -0.25) is 14.5 Å². The number of nitrogens with one attached hydrogen (secondary N) is 1. The first-order chi connectivity index (χ1) is 15.4. The number of halogens is 1. The third-order valence-electron chi connectivity index (χ3n) is 4.90. The average Bonchev–Trinajstić information content (AvgIpc) is 3.22. The Hall–Kier alpha value is -4.14. The van der Waals surface area contributed by atoms with Gasteiger partial charge in [0.05, 0.1) is 19.7 Å². The number of rotatable bonds is 6. The highest BCUT2D eigenvalue weighted by Gasteiger charge is 2.16. The van der Waals surface area contributed by atoms with Crippen molar-refractivity contribution in [3.63, 3.8) is 0 Å². The Morgan fingerprint density at radius 3 is 2.47 bits per heavy atom. The summed E-state index contributed by atoms with van der Waals surface area (Å²) < 4.78 is 32.9. The van der Waals surface area contributed by atoms with Gasteiger partial charge in [0.1, 0.15) is 5.75 Å². The van der Waals surface area contributed by atoms with Crippen LogP contribution in [0.15, 0.2) is 48.8 Å². The molecule has 164 valence electrons. The zero-order valence-corrected chi connectivity index (χ0v) is 18.0. The number of carbonyl (C=O) groups excluding carboxylic acids is 1. The molecule has 1 amide bonds. The lowest BCUT2D eigenvalue weighted by molar-refractivity contribution is 0.102. The van der Waals surface area contributed by atoms with E-state index in [1.807, 2.05) is 0 Å². The van der Waals surface area contributed by atoms with Crippen LogP contribution in [0.4, 0.5) is 10.1 Å². The second kappa shape index (κ2) is 8.54. The molecule has 0 bridgehead atoms. The number of methoxy groups -OCH3 is 2. The van der Waals surface area contributed by atoms with Crippen molar-refractivity contribution in [2.45, 2.75) is 6.92 Å². The highest BCUT2D eigenvalue weighted by Crippen LogP contribution is 2.38. The quantitative estimate of drug-likeness (QED) is 0.480. The van der Waals surface area contributed by atoms with E-state index in [4.69, 9.17) is 14.2 Å². The van der Waals surface area contributed by atoms with Crippen LogP contribution in [0.25, 0.3) is 10.9 Å². The van der Waals surface area contributed by atoms with Crippen molar-refractivity contribution in [3.8, 4) is 23.0 Å². The van der Waals surface area contributed by atoms with Crippen molar-refractivity contribution in [1.82, 2.24) is 14.8 Å². The molecule has 2 heterocycles. The van der Waals surface area contributed by atoms with Gasteiger partial charge in [0.2, 0.25) is 0 Å². The van der Waals surface area contributed by atoms with E-state index in [-0.39, 0.29) is 11.4 Å². The van der Waals surface area contributed by atoms with Crippen LogP contribution in [0.2, 0.25) is 0 Å². The van der Waals surface area contributed by atoms with Gasteiger partial charge in [-0.2, -0.15) is 5.10 Å². The summed E-state index contributed by atoms with van der Waals surface area (Å²) >= 11 is 0. The first kappa shape index (κ1) is 21.1. The van der Waals surface area contributed by atoms with Crippen molar-refractivity contribution >= 4 is 22.5 Å². The van der Waals surface area contributed by atoms with Crippen molar-refractivity contribution in [1.29, 1.82) is 0 Å². The first-order valence-electron chi connectivity index (χ1n) is 9.69. The van der Waals surface area contributed by atoms with E-state index in [1.54, 1.807) is 50.6 Å². The molecule has 0 aliphatic carbocycles. The molecule has 4 aromatic rings. The number of pyridine rings is 1. The summed E-state index contributed by atoms with van der Waals surface area (Å²) in [5, 5.41) is 7.36. The highest BCUT2D eigenvalue weighted by atomic mass is 19.1. The van der Waals surface area contributed by atoms with Gasteiger partial charge in [0.15, 0.2) is 28.8 Å². The molecule has 0 fully saturated rings. The van der Waals surface area contributed by atoms with Crippen molar-refractivity contribution in [3.05, 3.63) is 65.9 Å². The number of hydrogen-bond donors (Lipinski definition) is 1. The normalized spacial score (nSPS) is 10.8. The van der Waals surface area contributed by atoms with E-state index in [9.17, 15) is 9.18 Å². The van der Waals surface area contributed by atoms with Crippen LogP contribution in [-0.4, -0.2) is 34.9 Å². The molecule has 0 unspecified atom stereocenters. The second-order valence-corrected chi connectivity index (χ2v) is 7.06. The molecule has 0 radical (unpaired) electrons. The molecule has 0 aliphatic heterocycles. The Kier molecular flexibility index (Phi) is 5.63. The second-order valence-electron chi connectivity index (χ2n) is 7.06. The number of carbonyl (C=O) groups is 1. The van der Waals surface area contributed by atoms with Gasteiger partial charge in [-0.25, -0.2) is 4.39 Å².